The predicted molar refractivity (Wildman–Crippen MR) is 78.1 cm³/mol. The van der Waals surface area contributed by atoms with Crippen molar-refractivity contribution in [1.29, 1.82) is 0 Å². The number of halogens is 1. The Morgan fingerprint density at radius 1 is 1.38 bits per heavy atom. The number of imidazole rings is 1. The van der Waals surface area contributed by atoms with Crippen LogP contribution < -0.4 is 5.32 Å². The van der Waals surface area contributed by atoms with E-state index < -0.39 is 6.04 Å². The molecule has 1 aromatic carbocycles. The molecule has 1 aromatic heterocycles. The number of amides is 1. The highest BCUT2D eigenvalue weighted by Gasteiger charge is 2.22. The highest BCUT2D eigenvalue weighted by Crippen LogP contribution is 2.18. The lowest BCUT2D eigenvalue weighted by molar-refractivity contribution is -0.125. The van der Waals surface area contributed by atoms with Crippen LogP contribution in [0.5, 0.6) is 0 Å². The van der Waals surface area contributed by atoms with Gasteiger partial charge in [0.25, 0.3) is 0 Å². The van der Waals surface area contributed by atoms with Gasteiger partial charge in [-0.2, -0.15) is 0 Å². The van der Waals surface area contributed by atoms with Crippen molar-refractivity contribution in [2.75, 3.05) is 20.6 Å². The summed E-state index contributed by atoms with van der Waals surface area (Å²) in [7, 11) is 3.64. The van der Waals surface area contributed by atoms with E-state index in [-0.39, 0.29) is 11.7 Å². The maximum Gasteiger partial charge on any atom is 0.241 e. The highest BCUT2D eigenvalue weighted by atomic mass is 19.1. The number of benzene rings is 1. The molecule has 1 atom stereocenters. The van der Waals surface area contributed by atoms with Gasteiger partial charge in [0.1, 0.15) is 17.7 Å². The molecule has 0 aliphatic rings. The van der Waals surface area contributed by atoms with Gasteiger partial charge in [0.15, 0.2) is 0 Å². The number of rotatable bonds is 6. The van der Waals surface area contributed by atoms with E-state index in [0.29, 0.717) is 13.0 Å². The highest BCUT2D eigenvalue weighted by molar-refractivity contribution is 5.83. The first kappa shape index (κ1) is 15.2. The minimum atomic E-state index is -0.442. The smallest absolute Gasteiger partial charge is 0.241 e. The fourth-order valence-corrected chi connectivity index (χ4v) is 2.16. The van der Waals surface area contributed by atoms with Gasteiger partial charge in [0.05, 0.1) is 0 Å². The fourth-order valence-electron chi connectivity index (χ4n) is 2.16. The summed E-state index contributed by atoms with van der Waals surface area (Å²) in [5, 5.41) is 2.88. The Bertz CT molecular complexity index is 566. The van der Waals surface area contributed by atoms with Crippen molar-refractivity contribution in [3.05, 3.63) is 53.9 Å². The van der Waals surface area contributed by atoms with Gasteiger partial charge in [-0.05, 0) is 31.8 Å². The van der Waals surface area contributed by atoms with Crippen LogP contribution in [0.2, 0.25) is 0 Å². The number of nitrogens with zero attached hydrogens (tertiary/aromatic N) is 2. The third-order valence-electron chi connectivity index (χ3n) is 3.17. The van der Waals surface area contributed by atoms with E-state index in [1.165, 1.54) is 12.1 Å². The Balaban J connectivity index is 1.97. The molecule has 2 N–H and O–H groups in total. The molecule has 1 unspecified atom stereocenters. The zero-order valence-corrected chi connectivity index (χ0v) is 12.1. The molecule has 112 valence electrons. The van der Waals surface area contributed by atoms with E-state index in [4.69, 9.17) is 0 Å². The Morgan fingerprint density at radius 2 is 2.10 bits per heavy atom. The van der Waals surface area contributed by atoms with Crippen LogP contribution in [0.4, 0.5) is 4.39 Å². The Morgan fingerprint density at radius 3 is 2.67 bits per heavy atom. The van der Waals surface area contributed by atoms with Gasteiger partial charge in [-0.1, -0.05) is 12.1 Å². The van der Waals surface area contributed by atoms with Gasteiger partial charge in [-0.3, -0.25) is 9.69 Å². The predicted octanol–water partition coefficient (Wildman–Crippen LogP) is 1.51. The number of hydrogen-bond donors (Lipinski definition) is 2. The first-order valence-electron chi connectivity index (χ1n) is 6.76. The van der Waals surface area contributed by atoms with Crippen molar-refractivity contribution in [2.24, 2.45) is 0 Å². The standard InChI is InChI=1S/C15H19FN4O/c1-20(2)14(11-3-5-12(16)6-4-11)15(21)19-8-7-13-17-9-10-18-13/h3-6,9-10,14H,7-8H2,1-2H3,(H,17,18)(H,19,21). The van der Waals surface area contributed by atoms with Crippen molar-refractivity contribution in [3.8, 4) is 0 Å². The number of hydrogen-bond acceptors (Lipinski definition) is 3. The molecule has 21 heavy (non-hydrogen) atoms. The normalized spacial score (nSPS) is 12.4. The van der Waals surface area contributed by atoms with Crippen LogP contribution in [0.1, 0.15) is 17.4 Å². The van der Waals surface area contributed by atoms with E-state index in [1.54, 1.807) is 29.4 Å². The van der Waals surface area contributed by atoms with Crippen LogP contribution in [-0.4, -0.2) is 41.4 Å². The van der Waals surface area contributed by atoms with Crippen molar-refractivity contribution in [1.82, 2.24) is 20.2 Å². The quantitative estimate of drug-likeness (QED) is 0.848. The summed E-state index contributed by atoms with van der Waals surface area (Å²) >= 11 is 0. The molecule has 1 amide bonds. The molecule has 5 nitrogen and oxygen atoms in total. The maximum absolute atomic E-state index is 13.0. The average molecular weight is 290 g/mol. The Kier molecular flexibility index (Phi) is 5.05. The van der Waals surface area contributed by atoms with Crippen molar-refractivity contribution >= 4 is 5.91 Å². The van der Waals surface area contributed by atoms with Gasteiger partial charge in [-0.15, -0.1) is 0 Å². The number of carbonyl (C=O) groups is 1. The van der Waals surface area contributed by atoms with Crippen LogP contribution >= 0.6 is 0 Å². The molecular formula is C15H19FN4O. The average Bonchev–Trinajstić information content (AvgIpc) is 2.94. The number of aromatic amines is 1. The number of aromatic nitrogens is 2. The van der Waals surface area contributed by atoms with Crippen LogP contribution in [0.25, 0.3) is 0 Å². The number of carbonyl (C=O) groups excluding carboxylic acids is 1. The summed E-state index contributed by atoms with van der Waals surface area (Å²) in [5.74, 6) is 0.408. The molecule has 6 heteroatoms. The zero-order chi connectivity index (χ0) is 15.2. The summed E-state index contributed by atoms with van der Waals surface area (Å²) in [6.45, 7) is 0.498. The van der Waals surface area contributed by atoms with Gasteiger partial charge < -0.3 is 10.3 Å². The van der Waals surface area contributed by atoms with Gasteiger partial charge in [0.2, 0.25) is 5.91 Å². The topological polar surface area (TPSA) is 61.0 Å². The van der Waals surface area contributed by atoms with Crippen molar-refractivity contribution in [2.45, 2.75) is 12.5 Å². The van der Waals surface area contributed by atoms with Gasteiger partial charge >= 0.3 is 0 Å². The number of likely N-dealkylation sites (N-methyl/N-ethyl adjacent to an activating group) is 1. The molecule has 0 bridgehead atoms. The van der Waals surface area contributed by atoms with Crippen molar-refractivity contribution in [3.63, 3.8) is 0 Å². The van der Waals surface area contributed by atoms with E-state index >= 15 is 0 Å². The molecular weight excluding hydrogens is 271 g/mol. The molecule has 0 aliphatic carbocycles. The van der Waals surface area contributed by atoms with Gasteiger partial charge in [-0.25, -0.2) is 9.37 Å². The minimum absolute atomic E-state index is 0.113. The van der Waals surface area contributed by atoms with Gasteiger partial charge in [0, 0.05) is 25.4 Å². The lowest BCUT2D eigenvalue weighted by Gasteiger charge is -2.23. The molecule has 0 saturated heterocycles. The van der Waals surface area contributed by atoms with Crippen LogP contribution in [-0.2, 0) is 11.2 Å². The largest absolute Gasteiger partial charge is 0.354 e. The van der Waals surface area contributed by atoms with E-state index in [9.17, 15) is 9.18 Å². The maximum atomic E-state index is 13.0. The molecule has 1 heterocycles. The van der Waals surface area contributed by atoms with E-state index in [0.717, 1.165) is 11.4 Å². The molecule has 0 radical (unpaired) electrons. The second-order valence-electron chi connectivity index (χ2n) is 4.99. The number of nitrogens with one attached hydrogen (secondary N) is 2. The second-order valence-corrected chi connectivity index (χ2v) is 4.99. The first-order valence-corrected chi connectivity index (χ1v) is 6.76. The number of H-pyrrole nitrogens is 1. The molecule has 2 rings (SSSR count). The monoisotopic (exact) mass is 290 g/mol. The first-order chi connectivity index (χ1) is 10.1. The lowest BCUT2D eigenvalue weighted by atomic mass is 10.1. The third kappa shape index (κ3) is 4.13. The summed E-state index contributed by atoms with van der Waals surface area (Å²) in [6.07, 6.45) is 4.07. The van der Waals surface area contributed by atoms with Crippen LogP contribution in [0.15, 0.2) is 36.7 Å². The summed E-state index contributed by atoms with van der Waals surface area (Å²) in [5.41, 5.74) is 0.761. The minimum Gasteiger partial charge on any atom is -0.354 e. The molecule has 2 aromatic rings. The summed E-state index contributed by atoms with van der Waals surface area (Å²) in [6, 6.07) is 5.55. The fraction of sp³-hybridized carbons (Fsp3) is 0.333. The second kappa shape index (κ2) is 6.99. The molecule has 0 fully saturated rings. The van der Waals surface area contributed by atoms with Crippen LogP contribution in [0, 0.1) is 5.82 Å². The molecule has 0 aliphatic heterocycles. The SMILES string of the molecule is CN(C)C(C(=O)NCCc1ncc[nH]1)c1ccc(F)cc1. The Labute approximate surface area is 123 Å². The Hall–Kier alpha value is -2.21. The van der Waals surface area contributed by atoms with E-state index in [1.807, 2.05) is 14.1 Å². The third-order valence-corrected chi connectivity index (χ3v) is 3.17. The zero-order valence-electron chi connectivity index (χ0n) is 12.1. The molecule has 0 saturated carbocycles. The lowest BCUT2D eigenvalue weighted by Crippen LogP contribution is -2.38. The van der Waals surface area contributed by atoms with E-state index in [2.05, 4.69) is 15.3 Å². The summed E-state index contributed by atoms with van der Waals surface area (Å²) < 4.78 is 13.0. The van der Waals surface area contributed by atoms with Crippen LogP contribution in [0.3, 0.4) is 0 Å². The van der Waals surface area contributed by atoms with Crippen molar-refractivity contribution < 1.29 is 9.18 Å². The summed E-state index contributed by atoms with van der Waals surface area (Å²) in [4.78, 5) is 21.2. The molecule has 0 spiro atoms.